The Kier molecular flexibility index (Phi) is 6.94. The van der Waals surface area contributed by atoms with E-state index in [4.69, 9.17) is 4.74 Å². The van der Waals surface area contributed by atoms with Gasteiger partial charge in [-0.05, 0) is 44.0 Å². The number of benzene rings is 1. The van der Waals surface area contributed by atoms with Gasteiger partial charge in [-0.1, -0.05) is 25.7 Å². The Hall–Kier alpha value is -2.96. The van der Waals surface area contributed by atoms with Crippen molar-refractivity contribution < 1.29 is 14.3 Å². The first-order valence-corrected chi connectivity index (χ1v) is 9.83. The highest BCUT2D eigenvalue weighted by atomic mass is 16.5. The first kappa shape index (κ1) is 19.8. The van der Waals surface area contributed by atoms with Crippen LogP contribution < -0.4 is 10.6 Å². The molecule has 0 spiro atoms. The van der Waals surface area contributed by atoms with Gasteiger partial charge < -0.3 is 15.4 Å². The zero-order valence-corrected chi connectivity index (χ0v) is 16.1. The second kappa shape index (κ2) is 9.82. The number of hydrogen-bond donors (Lipinski definition) is 2. The molecule has 1 aliphatic carbocycles. The highest BCUT2D eigenvalue weighted by Crippen LogP contribution is 2.19. The number of hydrogen-bond acceptors (Lipinski definition) is 6. The van der Waals surface area contributed by atoms with Crippen LogP contribution >= 0.6 is 0 Å². The number of ether oxygens (including phenoxy) is 1. The Morgan fingerprint density at radius 3 is 2.25 bits per heavy atom. The van der Waals surface area contributed by atoms with Crippen LogP contribution in [0.3, 0.4) is 0 Å². The number of carbonyl (C=O) groups excluding carboxylic acids is 2. The first-order chi connectivity index (χ1) is 13.7. The van der Waals surface area contributed by atoms with Crippen molar-refractivity contribution in [2.24, 2.45) is 0 Å². The molecule has 2 N–H and O–H groups in total. The van der Waals surface area contributed by atoms with Gasteiger partial charge in [-0.15, -0.1) is 0 Å². The van der Waals surface area contributed by atoms with E-state index in [0.29, 0.717) is 35.4 Å². The van der Waals surface area contributed by atoms with E-state index < -0.39 is 0 Å². The highest BCUT2D eigenvalue weighted by molar-refractivity contribution is 6.04. The van der Waals surface area contributed by atoms with E-state index in [1.165, 1.54) is 38.1 Å². The molecule has 0 unspecified atom stereocenters. The molecule has 1 fully saturated rings. The van der Waals surface area contributed by atoms with Gasteiger partial charge in [0.2, 0.25) is 5.95 Å². The molecule has 0 aliphatic heterocycles. The van der Waals surface area contributed by atoms with E-state index in [1.54, 1.807) is 31.2 Å². The second-order valence-electron chi connectivity index (χ2n) is 6.88. The number of rotatable bonds is 6. The third-order valence-corrected chi connectivity index (χ3v) is 4.76. The number of nitrogens with one attached hydrogen (secondary N) is 2. The lowest BCUT2D eigenvalue weighted by Crippen LogP contribution is -2.20. The quantitative estimate of drug-likeness (QED) is 0.578. The number of esters is 1. The number of anilines is 2. The topological polar surface area (TPSA) is 93.2 Å². The molecule has 0 atom stereocenters. The third kappa shape index (κ3) is 5.52. The summed E-state index contributed by atoms with van der Waals surface area (Å²) >= 11 is 0. The van der Waals surface area contributed by atoms with E-state index in [2.05, 4.69) is 20.6 Å². The maximum Gasteiger partial charge on any atom is 0.338 e. The molecule has 148 valence electrons. The van der Waals surface area contributed by atoms with E-state index >= 15 is 0 Å². The van der Waals surface area contributed by atoms with Crippen LogP contribution in [-0.2, 0) is 4.74 Å². The summed E-state index contributed by atoms with van der Waals surface area (Å²) in [6.07, 6.45) is 10.3. The van der Waals surface area contributed by atoms with Gasteiger partial charge in [-0.25, -0.2) is 14.8 Å². The normalized spacial score (nSPS) is 14.8. The average Bonchev–Trinajstić information content (AvgIpc) is 2.98. The Morgan fingerprint density at radius 2 is 1.64 bits per heavy atom. The lowest BCUT2D eigenvalue weighted by Gasteiger charge is -2.15. The van der Waals surface area contributed by atoms with Crippen LogP contribution in [0.2, 0.25) is 0 Å². The summed E-state index contributed by atoms with van der Waals surface area (Å²) in [4.78, 5) is 32.6. The smallest absolute Gasteiger partial charge is 0.338 e. The van der Waals surface area contributed by atoms with Gasteiger partial charge in [-0.2, -0.15) is 0 Å². The molecule has 0 radical (unpaired) electrons. The standard InChI is InChI=1S/C21H26N4O3/c1-2-28-20(27)15-9-11-18(12-10-15)24-19(26)16-13-22-21(23-14-16)25-17-7-5-3-4-6-8-17/h9-14,17H,2-8H2,1H3,(H,24,26)(H,22,23,25). The molecule has 0 bridgehead atoms. The van der Waals surface area contributed by atoms with Crippen LogP contribution in [-0.4, -0.2) is 34.5 Å². The van der Waals surface area contributed by atoms with Gasteiger partial charge in [0.1, 0.15) is 0 Å². The van der Waals surface area contributed by atoms with Crippen molar-refractivity contribution in [3.63, 3.8) is 0 Å². The summed E-state index contributed by atoms with van der Waals surface area (Å²) in [7, 11) is 0. The SMILES string of the molecule is CCOC(=O)c1ccc(NC(=O)c2cnc(NC3CCCCCC3)nc2)cc1. The van der Waals surface area contributed by atoms with Crippen molar-refractivity contribution in [2.45, 2.75) is 51.5 Å². The summed E-state index contributed by atoms with van der Waals surface area (Å²) in [6, 6.07) is 6.95. The molecule has 28 heavy (non-hydrogen) atoms. The molecule has 1 aliphatic rings. The van der Waals surface area contributed by atoms with Gasteiger partial charge in [0.25, 0.3) is 5.91 Å². The fourth-order valence-corrected chi connectivity index (χ4v) is 3.23. The van der Waals surface area contributed by atoms with E-state index in [-0.39, 0.29) is 11.9 Å². The summed E-state index contributed by atoms with van der Waals surface area (Å²) in [5.74, 6) is -0.127. The Labute approximate surface area is 164 Å². The highest BCUT2D eigenvalue weighted by Gasteiger charge is 2.14. The number of amides is 1. The lowest BCUT2D eigenvalue weighted by molar-refractivity contribution is 0.0526. The summed E-state index contributed by atoms with van der Waals surface area (Å²) in [6.45, 7) is 2.08. The molecule has 1 saturated carbocycles. The van der Waals surface area contributed by atoms with Gasteiger partial charge >= 0.3 is 5.97 Å². The summed E-state index contributed by atoms with van der Waals surface area (Å²) < 4.78 is 4.94. The minimum Gasteiger partial charge on any atom is -0.462 e. The molecule has 1 amide bonds. The predicted molar refractivity (Wildman–Crippen MR) is 107 cm³/mol. The predicted octanol–water partition coefficient (Wildman–Crippen LogP) is 4.04. The number of nitrogens with zero attached hydrogens (tertiary/aromatic N) is 2. The fraction of sp³-hybridized carbons (Fsp3) is 0.429. The van der Waals surface area contributed by atoms with Gasteiger partial charge in [0.15, 0.2) is 0 Å². The molecule has 7 nitrogen and oxygen atoms in total. The molecular weight excluding hydrogens is 356 g/mol. The van der Waals surface area contributed by atoms with Crippen LogP contribution in [0, 0.1) is 0 Å². The van der Waals surface area contributed by atoms with Crippen LogP contribution in [0.5, 0.6) is 0 Å². The molecule has 0 saturated heterocycles. The largest absolute Gasteiger partial charge is 0.462 e. The zero-order valence-electron chi connectivity index (χ0n) is 16.1. The van der Waals surface area contributed by atoms with Gasteiger partial charge in [0.05, 0.1) is 17.7 Å². The van der Waals surface area contributed by atoms with Crippen LogP contribution in [0.15, 0.2) is 36.7 Å². The number of carbonyl (C=O) groups is 2. The van der Waals surface area contributed by atoms with Crippen LogP contribution in [0.1, 0.15) is 66.2 Å². The van der Waals surface area contributed by atoms with Crippen molar-refractivity contribution in [1.29, 1.82) is 0 Å². The summed E-state index contributed by atoms with van der Waals surface area (Å²) in [5, 5.41) is 6.14. The van der Waals surface area contributed by atoms with Gasteiger partial charge in [0, 0.05) is 24.1 Å². The minimum absolute atomic E-state index is 0.301. The maximum absolute atomic E-state index is 12.4. The molecular formula is C21H26N4O3. The molecule has 1 aromatic heterocycles. The number of aromatic nitrogens is 2. The van der Waals surface area contributed by atoms with Crippen molar-refractivity contribution in [3.05, 3.63) is 47.8 Å². The van der Waals surface area contributed by atoms with E-state index in [9.17, 15) is 9.59 Å². The Bertz CT molecular complexity index is 782. The Balaban J connectivity index is 1.56. The fourth-order valence-electron chi connectivity index (χ4n) is 3.23. The average molecular weight is 382 g/mol. The molecule has 1 aromatic carbocycles. The van der Waals surface area contributed by atoms with Crippen molar-refractivity contribution in [2.75, 3.05) is 17.2 Å². The first-order valence-electron chi connectivity index (χ1n) is 9.83. The van der Waals surface area contributed by atoms with Crippen LogP contribution in [0.25, 0.3) is 0 Å². The molecule has 1 heterocycles. The lowest BCUT2D eigenvalue weighted by atomic mass is 10.1. The van der Waals surface area contributed by atoms with Gasteiger partial charge in [-0.3, -0.25) is 4.79 Å². The second-order valence-corrected chi connectivity index (χ2v) is 6.88. The maximum atomic E-state index is 12.4. The molecule has 3 rings (SSSR count). The summed E-state index contributed by atoms with van der Waals surface area (Å²) in [5.41, 5.74) is 1.40. The third-order valence-electron chi connectivity index (χ3n) is 4.76. The Morgan fingerprint density at radius 1 is 1.00 bits per heavy atom. The van der Waals surface area contributed by atoms with Crippen molar-refractivity contribution in [3.8, 4) is 0 Å². The zero-order chi connectivity index (χ0) is 19.8. The van der Waals surface area contributed by atoms with Crippen molar-refractivity contribution in [1.82, 2.24) is 9.97 Å². The monoisotopic (exact) mass is 382 g/mol. The van der Waals surface area contributed by atoms with Crippen molar-refractivity contribution >= 4 is 23.5 Å². The van der Waals surface area contributed by atoms with E-state index in [0.717, 1.165) is 12.8 Å². The van der Waals surface area contributed by atoms with Crippen LogP contribution in [0.4, 0.5) is 11.6 Å². The molecule has 2 aromatic rings. The van der Waals surface area contributed by atoms with E-state index in [1.807, 2.05) is 0 Å². The minimum atomic E-state index is -0.384. The molecule has 7 heteroatoms.